The van der Waals surface area contributed by atoms with Crippen molar-refractivity contribution in [2.24, 2.45) is 5.10 Å². The van der Waals surface area contributed by atoms with E-state index in [-0.39, 0.29) is 24.4 Å². The number of nitro groups is 1. The number of benzene rings is 2. The topological polar surface area (TPSA) is 123 Å². The second-order valence-corrected chi connectivity index (χ2v) is 5.39. The molecule has 2 aromatic carbocycles. The number of rotatable bonds is 8. The molecule has 9 nitrogen and oxygen atoms in total. The van der Waals surface area contributed by atoms with Crippen LogP contribution < -0.4 is 15.5 Å². The summed E-state index contributed by atoms with van der Waals surface area (Å²) in [5.41, 5.74) is 3.20. The fourth-order valence-corrected chi connectivity index (χ4v) is 2.14. The summed E-state index contributed by atoms with van der Waals surface area (Å²) in [6.07, 6.45) is 1.20. The van der Waals surface area contributed by atoms with Crippen LogP contribution in [0.1, 0.15) is 18.4 Å². The normalized spacial score (nSPS) is 10.4. The summed E-state index contributed by atoms with van der Waals surface area (Å²) in [4.78, 5) is 33.9. The average Bonchev–Trinajstić information content (AvgIpc) is 2.67. The number of hydrazone groups is 1. The van der Waals surface area contributed by atoms with Gasteiger partial charge in [0.1, 0.15) is 5.75 Å². The van der Waals surface area contributed by atoms with Crippen LogP contribution in [0.3, 0.4) is 0 Å². The average molecular weight is 370 g/mol. The maximum Gasteiger partial charge on any atom is 0.270 e. The summed E-state index contributed by atoms with van der Waals surface area (Å²) in [7, 11) is 1.50. The van der Waals surface area contributed by atoms with Crippen LogP contribution in [0.4, 0.5) is 11.4 Å². The zero-order valence-corrected chi connectivity index (χ0v) is 14.5. The van der Waals surface area contributed by atoms with Crippen molar-refractivity contribution in [3.8, 4) is 5.75 Å². The van der Waals surface area contributed by atoms with Gasteiger partial charge in [-0.25, -0.2) is 5.43 Å². The highest BCUT2D eigenvalue weighted by atomic mass is 16.6. The second-order valence-electron chi connectivity index (χ2n) is 5.39. The van der Waals surface area contributed by atoms with Crippen LogP contribution in [-0.2, 0) is 9.59 Å². The summed E-state index contributed by atoms with van der Waals surface area (Å²) in [5.74, 6) is -0.263. The first kappa shape index (κ1) is 19.6. The SMILES string of the molecule is COc1ccccc1NC(=O)CCC(=O)NN=Cc1cccc([N+](=O)[O-])c1. The van der Waals surface area contributed by atoms with Crippen LogP contribution in [-0.4, -0.2) is 30.1 Å². The van der Waals surface area contributed by atoms with Crippen LogP contribution in [0.15, 0.2) is 53.6 Å². The molecule has 0 spiro atoms. The highest BCUT2D eigenvalue weighted by Crippen LogP contribution is 2.23. The molecular weight excluding hydrogens is 352 g/mol. The number of non-ortho nitro benzene ring substituents is 1. The molecule has 2 N–H and O–H groups in total. The number of anilines is 1. The second kappa shape index (κ2) is 9.66. The van der Waals surface area contributed by atoms with Crippen molar-refractivity contribution in [1.29, 1.82) is 0 Å². The van der Waals surface area contributed by atoms with Gasteiger partial charge < -0.3 is 10.1 Å². The standard InChI is InChI=1S/C18H18N4O5/c1-27-16-8-3-2-7-15(16)20-17(23)9-10-18(24)21-19-12-13-5-4-6-14(11-13)22(25)26/h2-8,11-12H,9-10H2,1H3,(H,20,23)(H,21,24). The van der Waals surface area contributed by atoms with E-state index in [0.717, 1.165) is 0 Å². The zero-order valence-electron chi connectivity index (χ0n) is 14.5. The van der Waals surface area contributed by atoms with Gasteiger partial charge in [-0.15, -0.1) is 0 Å². The zero-order chi connectivity index (χ0) is 19.6. The highest BCUT2D eigenvalue weighted by Gasteiger charge is 2.09. The third-order valence-electron chi connectivity index (χ3n) is 3.44. The molecule has 0 heterocycles. The number of hydrogen-bond acceptors (Lipinski definition) is 6. The number of nitro benzene ring substituents is 1. The van der Waals surface area contributed by atoms with Gasteiger partial charge in [-0.3, -0.25) is 19.7 Å². The number of ether oxygens (including phenoxy) is 1. The predicted octanol–water partition coefficient (Wildman–Crippen LogP) is 2.47. The largest absolute Gasteiger partial charge is 0.495 e. The first-order valence-electron chi connectivity index (χ1n) is 7.99. The maximum atomic E-state index is 11.9. The van der Waals surface area contributed by atoms with Gasteiger partial charge in [-0.05, 0) is 12.1 Å². The lowest BCUT2D eigenvalue weighted by Crippen LogP contribution is -2.20. The van der Waals surface area contributed by atoms with E-state index in [2.05, 4.69) is 15.8 Å². The number of nitrogens with zero attached hydrogens (tertiary/aromatic N) is 2. The molecule has 0 radical (unpaired) electrons. The minimum Gasteiger partial charge on any atom is -0.495 e. The molecule has 140 valence electrons. The molecule has 2 rings (SSSR count). The van der Waals surface area contributed by atoms with E-state index in [0.29, 0.717) is 17.0 Å². The molecule has 2 amide bonds. The molecule has 0 aliphatic carbocycles. The van der Waals surface area contributed by atoms with E-state index in [1.807, 2.05) is 0 Å². The third-order valence-corrected chi connectivity index (χ3v) is 3.44. The van der Waals surface area contributed by atoms with Gasteiger partial charge in [-0.1, -0.05) is 24.3 Å². The maximum absolute atomic E-state index is 11.9. The molecule has 2 aromatic rings. The summed E-state index contributed by atoms with van der Waals surface area (Å²) in [6.45, 7) is 0. The summed E-state index contributed by atoms with van der Waals surface area (Å²) < 4.78 is 5.13. The van der Waals surface area contributed by atoms with Crippen molar-refractivity contribution in [2.45, 2.75) is 12.8 Å². The number of carbonyl (C=O) groups excluding carboxylic acids is 2. The molecular formula is C18H18N4O5. The Morgan fingerprint density at radius 3 is 2.63 bits per heavy atom. The lowest BCUT2D eigenvalue weighted by molar-refractivity contribution is -0.384. The Morgan fingerprint density at radius 1 is 1.15 bits per heavy atom. The number of hydrogen-bond donors (Lipinski definition) is 2. The Morgan fingerprint density at radius 2 is 1.89 bits per heavy atom. The number of carbonyl (C=O) groups is 2. The molecule has 0 bridgehead atoms. The molecule has 0 saturated heterocycles. The molecule has 0 atom stereocenters. The van der Waals surface area contributed by atoms with E-state index >= 15 is 0 Å². The van der Waals surface area contributed by atoms with E-state index in [9.17, 15) is 19.7 Å². The Balaban J connectivity index is 1.79. The Kier molecular flexibility index (Phi) is 7.00. The summed E-state index contributed by atoms with van der Waals surface area (Å²) in [5, 5.41) is 17.1. The monoisotopic (exact) mass is 370 g/mol. The molecule has 9 heteroatoms. The minimum atomic E-state index is -0.518. The van der Waals surface area contributed by atoms with E-state index in [1.165, 1.54) is 31.5 Å². The lowest BCUT2D eigenvalue weighted by Gasteiger charge is -2.09. The third kappa shape index (κ3) is 6.24. The first-order chi connectivity index (χ1) is 13.0. The van der Waals surface area contributed by atoms with Gasteiger partial charge in [0.15, 0.2) is 0 Å². The van der Waals surface area contributed by atoms with Crippen molar-refractivity contribution >= 4 is 29.4 Å². The van der Waals surface area contributed by atoms with Gasteiger partial charge in [0.05, 0.1) is 23.9 Å². The number of amides is 2. The van der Waals surface area contributed by atoms with Crippen molar-refractivity contribution in [1.82, 2.24) is 5.43 Å². The number of methoxy groups -OCH3 is 1. The molecule has 0 aliphatic heterocycles. The molecule has 27 heavy (non-hydrogen) atoms. The Bertz CT molecular complexity index is 866. The quantitative estimate of drug-likeness (QED) is 0.420. The molecule has 0 unspecified atom stereocenters. The number of para-hydroxylation sites is 2. The van der Waals surface area contributed by atoms with Gasteiger partial charge in [-0.2, -0.15) is 5.10 Å². The van der Waals surface area contributed by atoms with Crippen molar-refractivity contribution < 1.29 is 19.2 Å². The van der Waals surface area contributed by atoms with Gasteiger partial charge >= 0.3 is 0 Å². The molecule has 0 saturated carbocycles. The molecule has 0 fully saturated rings. The molecule has 0 aliphatic rings. The van der Waals surface area contributed by atoms with Crippen LogP contribution in [0.25, 0.3) is 0 Å². The van der Waals surface area contributed by atoms with Crippen molar-refractivity contribution in [2.75, 3.05) is 12.4 Å². The smallest absolute Gasteiger partial charge is 0.270 e. The fourth-order valence-electron chi connectivity index (χ4n) is 2.14. The van der Waals surface area contributed by atoms with Gasteiger partial charge in [0.2, 0.25) is 11.8 Å². The van der Waals surface area contributed by atoms with E-state index < -0.39 is 10.8 Å². The van der Waals surface area contributed by atoms with Gasteiger partial charge in [0.25, 0.3) is 5.69 Å². The first-order valence-corrected chi connectivity index (χ1v) is 7.99. The van der Waals surface area contributed by atoms with Crippen LogP contribution in [0, 0.1) is 10.1 Å². The molecule has 0 aromatic heterocycles. The summed E-state index contributed by atoms with van der Waals surface area (Å²) in [6, 6.07) is 12.8. The minimum absolute atomic E-state index is 0.0315. The highest BCUT2D eigenvalue weighted by molar-refractivity contribution is 5.94. The number of nitrogens with one attached hydrogen (secondary N) is 2. The Labute approximate surface area is 155 Å². The van der Waals surface area contributed by atoms with Crippen molar-refractivity contribution in [3.05, 3.63) is 64.2 Å². The fraction of sp³-hybridized carbons (Fsp3) is 0.167. The predicted molar refractivity (Wildman–Crippen MR) is 99.7 cm³/mol. The van der Waals surface area contributed by atoms with Gasteiger partial charge in [0, 0.05) is 30.5 Å². The van der Waals surface area contributed by atoms with Crippen LogP contribution >= 0.6 is 0 Å². The van der Waals surface area contributed by atoms with Crippen LogP contribution in [0.2, 0.25) is 0 Å². The van der Waals surface area contributed by atoms with Crippen molar-refractivity contribution in [3.63, 3.8) is 0 Å². The van der Waals surface area contributed by atoms with E-state index in [1.54, 1.807) is 30.3 Å². The van der Waals surface area contributed by atoms with E-state index in [4.69, 9.17) is 4.74 Å². The lowest BCUT2D eigenvalue weighted by atomic mass is 10.2. The Hall–Kier alpha value is -3.75. The summed E-state index contributed by atoms with van der Waals surface area (Å²) >= 11 is 0. The van der Waals surface area contributed by atoms with Crippen LogP contribution in [0.5, 0.6) is 5.75 Å².